The number of amides is 1. The third-order valence-corrected chi connectivity index (χ3v) is 4.42. The number of thioether (sulfide) groups is 1. The van der Waals surface area contributed by atoms with Crippen LogP contribution in [0, 0.1) is 0 Å². The molecular weight excluding hydrogens is 318 g/mol. The molecule has 0 saturated carbocycles. The fraction of sp³-hybridized carbons (Fsp3) is 0.250. The number of rotatable bonds is 3. The first kappa shape index (κ1) is 16.8. The smallest absolute Gasteiger partial charge is 0.237 e. The quantitative estimate of drug-likeness (QED) is 0.876. The maximum absolute atomic E-state index is 12.5. The van der Waals surface area contributed by atoms with Gasteiger partial charge in [0.1, 0.15) is 0 Å². The van der Waals surface area contributed by atoms with Gasteiger partial charge in [-0.25, -0.2) is 0 Å². The Kier molecular flexibility index (Phi) is 6.24. The van der Waals surface area contributed by atoms with Crippen molar-refractivity contribution in [2.45, 2.75) is 11.4 Å². The molecule has 1 aromatic heterocycles. The van der Waals surface area contributed by atoms with E-state index in [0.29, 0.717) is 12.3 Å². The van der Waals surface area contributed by atoms with Crippen LogP contribution in [0.5, 0.6) is 0 Å². The summed E-state index contributed by atoms with van der Waals surface area (Å²) in [5.41, 5.74) is 2.21. The van der Waals surface area contributed by atoms with Gasteiger partial charge >= 0.3 is 0 Å². The number of pyridine rings is 1. The van der Waals surface area contributed by atoms with Gasteiger partial charge in [0.15, 0.2) is 0 Å². The molecule has 0 saturated heterocycles. The summed E-state index contributed by atoms with van der Waals surface area (Å²) in [6.45, 7) is 2.35. The number of halogens is 1. The fourth-order valence-corrected chi connectivity index (χ4v) is 3.13. The number of hydrogen-bond donors (Lipinski definition) is 1. The molecule has 0 aliphatic carbocycles. The van der Waals surface area contributed by atoms with Gasteiger partial charge in [-0.2, -0.15) is 0 Å². The van der Waals surface area contributed by atoms with Crippen LogP contribution in [0.15, 0.2) is 53.7 Å². The molecule has 116 valence electrons. The number of nitrogens with zero attached hydrogens (tertiary/aromatic N) is 2. The third kappa shape index (κ3) is 4.00. The molecule has 0 unspecified atom stereocenters. The Bertz CT molecular complexity index is 624. The number of aromatic nitrogens is 1. The molecule has 1 aromatic carbocycles. The molecule has 0 fully saturated rings. The van der Waals surface area contributed by atoms with Gasteiger partial charge in [0.25, 0.3) is 0 Å². The van der Waals surface area contributed by atoms with Gasteiger partial charge < -0.3 is 10.2 Å². The Labute approximate surface area is 140 Å². The van der Waals surface area contributed by atoms with Crippen molar-refractivity contribution in [3.8, 4) is 0 Å². The third-order valence-electron chi connectivity index (χ3n) is 3.42. The predicted octanol–water partition coefficient (Wildman–Crippen LogP) is 2.73. The van der Waals surface area contributed by atoms with E-state index in [9.17, 15) is 4.79 Å². The molecule has 1 amide bonds. The summed E-state index contributed by atoms with van der Waals surface area (Å²) in [4.78, 5) is 19.5. The molecule has 1 aliphatic heterocycles. The summed E-state index contributed by atoms with van der Waals surface area (Å²) >= 11 is 1.55. The molecule has 0 spiro atoms. The SMILES string of the molecule is Cl.O=C(CSc1ccncc1)N1CCNCc2ccccc21. The van der Waals surface area contributed by atoms with Crippen LogP contribution in [0.3, 0.4) is 0 Å². The second kappa shape index (κ2) is 8.17. The molecule has 6 heteroatoms. The van der Waals surface area contributed by atoms with Crippen molar-refractivity contribution in [3.63, 3.8) is 0 Å². The highest BCUT2D eigenvalue weighted by molar-refractivity contribution is 8.00. The normalized spacial score (nSPS) is 13.7. The average Bonchev–Trinajstić information content (AvgIpc) is 2.76. The van der Waals surface area contributed by atoms with Crippen molar-refractivity contribution in [1.82, 2.24) is 10.3 Å². The highest BCUT2D eigenvalue weighted by Gasteiger charge is 2.20. The molecule has 2 heterocycles. The average molecular weight is 336 g/mol. The largest absolute Gasteiger partial charge is 0.311 e. The Hall–Kier alpha value is -1.56. The molecule has 0 radical (unpaired) electrons. The Morgan fingerprint density at radius 1 is 1.23 bits per heavy atom. The minimum Gasteiger partial charge on any atom is -0.311 e. The number of para-hydroxylation sites is 1. The van der Waals surface area contributed by atoms with Crippen LogP contribution in [0.2, 0.25) is 0 Å². The van der Waals surface area contributed by atoms with Gasteiger partial charge in [0.05, 0.1) is 5.75 Å². The van der Waals surface area contributed by atoms with Crippen molar-refractivity contribution in [2.24, 2.45) is 0 Å². The van der Waals surface area contributed by atoms with E-state index in [1.165, 1.54) is 5.56 Å². The van der Waals surface area contributed by atoms with E-state index in [1.54, 1.807) is 24.2 Å². The number of benzene rings is 1. The molecule has 1 N–H and O–H groups in total. The second-order valence-corrected chi connectivity index (χ2v) is 5.87. The fourth-order valence-electron chi connectivity index (χ4n) is 2.37. The van der Waals surface area contributed by atoms with Crippen LogP contribution in [-0.2, 0) is 11.3 Å². The molecule has 3 rings (SSSR count). The highest BCUT2D eigenvalue weighted by atomic mass is 35.5. The molecule has 0 atom stereocenters. The minimum absolute atomic E-state index is 0. The number of fused-ring (bicyclic) bond motifs is 1. The first-order chi connectivity index (χ1) is 10.3. The molecule has 1 aliphatic rings. The molecular formula is C16H18ClN3OS. The summed E-state index contributed by atoms with van der Waals surface area (Å²) in [6.07, 6.45) is 3.50. The molecule has 4 nitrogen and oxygen atoms in total. The Morgan fingerprint density at radius 2 is 2.00 bits per heavy atom. The van der Waals surface area contributed by atoms with Crippen LogP contribution >= 0.6 is 24.2 Å². The molecule has 22 heavy (non-hydrogen) atoms. The van der Waals surface area contributed by atoms with E-state index < -0.39 is 0 Å². The number of carbonyl (C=O) groups is 1. The lowest BCUT2D eigenvalue weighted by molar-refractivity contribution is -0.116. The first-order valence-electron chi connectivity index (χ1n) is 6.96. The summed E-state index contributed by atoms with van der Waals surface area (Å²) in [7, 11) is 0. The zero-order valence-electron chi connectivity index (χ0n) is 12.1. The van der Waals surface area contributed by atoms with E-state index in [0.717, 1.165) is 23.7 Å². The van der Waals surface area contributed by atoms with Crippen LogP contribution in [-0.4, -0.2) is 29.7 Å². The Morgan fingerprint density at radius 3 is 2.82 bits per heavy atom. The van der Waals surface area contributed by atoms with Crippen LogP contribution in [0.1, 0.15) is 5.56 Å². The van der Waals surface area contributed by atoms with E-state index in [4.69, 9.17) is 0 Å². The summed E-state index contributed by atoms with van der Waals surface area (Å²) in [5, 5.41) is 3.35. The van der Waals surface area contributed by atoms with Crippen molar-refractivity contribution in [3.05, 3.63) is 54.4 Å². The van der Waals surface area contributed by atoms with E-state index >= 15 is 0 Å². The van der Waals surface area contributed by atoms with Crippen LogP contribution in [0.25, 0.3) is 0 Å². The maximum Gasteiger partial charge on any atom is 0.237 e. The summed E-state index contributed by atoms with van der Waals surface area (Å²) in [6, 6.07) is 12.0. The minimum atomic E-state index is 0. The zero-order chi connectivity index (χ0) is 14.5. The first-order valence-corrected chi connectivity index (χ1v) is 7.95. The number of carbonyl (C=O) groups excluding carboxylic acids is 1. The zero-order valence-corrected chi connectivity index (χ0v) is 13.7. The van der Waals surface area contributed by atoms with Gasteiger partial charge in [0, 0.05) is 42.6 Å². The monoisotopic (exact) mass is 335 g/mol. The second-order valence-electron chi connectivity index (χ2n) is 4.82. The van der Waals surface area contributed by atoms with E-state index in [2.05, 4.69) is 16.4 Å². The lowest BCUT2D eigenvalue weighted by atomic mass is 10.1. The number of anilines is 1. The molecule has 0 bridgehead atoms. The summed E-state index contributed by atoms with van der Waals surface area (Å²) < 4.78 is 0. The van der Waals surface area contributed by atoms with Crippen molar-refractivity contribution in [2.75, 3.05) is 23.7 Å². The topological polar surface area (TPSA) is 45.2 Å². The van der Waals surface area contributed by atoms with Gasteiger partial charge in [-0.05, 0) is 23.8 Å². The van der Waals surface area contributed by atoms with Crippen LogP contribution < -0.4 is 10.2 Å². The van der Waals surface area contributed by atoms with E-state index in [-0.39, 0.29) is 18.3 Å². The number of hydrogen-bond acceptors (Lipinski definition) is 4. The van der Waals surface area contributed by atoms with Gasteiger partial charge in [-0.3, -0.25) is 9.78 Å². The van der Waals surface area contributed by atoms with Gasteiger partial charge in [-0.15, -0.1) is 24.2 Å². The maximum atomic E-state index is 12.5. The lowest BCUT2D eigenvalue weighted by Gasteiger charge is -2.22. The predicted molar refractivity (Wildman–Crippen MR) is 92.7 cm³/mol. The van der Waals surface area contributed by atoms with E-state index in [1.807, 2.05) is 35.2 Å². The standard InChI is InChI=1S/C16H17N3OS.ClH/c20-16(12-21-14-5-7-17-8-6-14)19-10-9-18-11-13-3-1-2-4-15(13)19;/h1-8,18H,9-12H2;1H. The van der Waals surface area contributed by atoms with Crippen molar-refractivity contribution >= 4 is 35.8 Å². The number of nitrogens with one attached hydrogen (secondary N) is 1. The highest BCUT2D eigenvalue weighted by Crippen LogP contribution is 2.24. The lowest BCUT2D eigenvalue weighted by Crippen LogP contribution is -2.35. The van der Waals surface area contributed by atoms with Crippen LogP contribution in [0.4, 0.5) is 5.69 Å². The Balaban J connectivity index is 0.00000176. The van der Waals surface area contributed by atoms with Gasteiger partial charge in [-0.1, -0.05) is 18.2 Å². The van der Waals surface area contributed by atoms with Gasteiger partial charge in [0.2, 0.25) is 5.91 Å². The van der Waals surface area contributed by atoms with Crippen molar-refractivity contribution in [1.29, 1.82) is 0 Å². The molecule has 2 aromatic rings. The van der Waals surface area contributed by atoms with Crippen molar-refractivity contribution < 1.29 is 4.79 Å². The summed E-state index contributed by atoms with van der Waals surface area (Å²) in [5.74, 6) is 0.589.